The molecule has 1 amide bonds. The van der Waals surface area contributed by atoms with Crippen LogP contribution >= 0.6 is 0 Å². The van der Waals surface area contributed by atoms with Crippen molar-refractivity contribution in [2.24, 2.45) is 10.9 Å². The number of rotatable bonds is 3. The van der Waals surface area contributed by atoms with Gasteiger partial charge in [0, 0.05) is 66.3 Å². The summed E-state index contributed by atoms with van der Waals surface area (Å²) in [6.45, 7) is 11.8. The fourth-order valence-corrected chi connectivity index (χ4v) is 3.16. The molecule has 0 saturated carbocycles. The van der Waals surface area contributed by atoms with Gasteiger partial charge in [-0.25, -0.2) is 0 Å². The molecule has 0 aromatic heterocycles. The lowest BCUT2D eigenvalue weighted by Crippen LogP contribution is -2.51. The Hall–Kier alpha value is -1.30. The van der Waals surface area contributed by atoms with E-state index in [2.05, 4.69) is 27.0 Å². The SMILES string of the molecule is CN=C(NCCN1CCN(C(C)=O)CC1)N1CCC(C)CC1. The first kappa shape index (κ1) is 17.1. The van der Waals surface area contributed by atoms with Gasteiger partial charge in [-0.05, 0) is 18.8 Å². The predicted molar refractivity (Wildman–Crippen MR) is 90.0 cm³/mol. The van der Waals surface area contributed by atoms with Gasteiger partial charge in [0.15, 0.2) is 5.96 Å². The van der Waals surface area contributed by atoms with Crippen LogP contribution in [-0.2, 0) is 4.79 Å². The molecule has 6 nitrogen and oxygen atoms in total. The second kappa shape index (κ2) is 8.36. The molecule has 2 heterocycles. The van der Waals surface area contributed by atoms with Crippen LogP contribution < -0.4 is 5.32 Å². The summed E-state index contributed by atoms with van der Waals surface area (Å²) in [7, 11) is 1.87. The van der Waals surface area contributed by atoms with Gasteiger partial charge in [-0.2, -0.15) is 0 Å². The largest absolute Gasteiger partial charge is 0.355 e. The third kappa shape index (κ3) is 4.87. The summed E-state index contributed by atoms with van der Waals surface area (Å²) in [6.07, 6.45) is 2.52. The molecule has 0 radical (unpaired) electrons. The number of likely N-dealkylation sites (tertiary alicyclic amines) is 1. The topological polar surface area (TPSA) is 51.2 Å². The number of amides is 1. The fourth-order valence-electron chi connectivity index (χ4n) is 3.16. The van der Waals surface area contributed by atoms with Gasteiger partial charge in [0.25, 0.3) is 0 Å². The van der Waals surface area contributed by atoms with Crippen molar-refractivity contribution in [3.63, 3.8) is 0 Å². The maximum atomic E-state index is 11.3. The Bertz CT molecular complexity index is 382. The highest BCUT2D eigenvalue weighted by Gasteiger charge is 2.20. The van der Waals surface area contributed by atoms with Crippen molar-refractivity contribution >= 4 is 11.9 Å². The third-order valence-electron chi connectivity index (χ3n) is 4.82. The molecule has 2 rings (SSSR count). The Morgan fingerprint density at radius 1 is 1.09 bits per heavy atom. The highest BCUT2D eigenvalue weighted by Crippen LogP contribution is 2.15. The van der Waals surface area contributed by atoms with Crippen LogP contribution in [-0.4, -0.2) is 86.0 Å². The molecule has 0 aliphatic carbocycles. The summed E-state index contributed by atoms with van der Waals surface area (Å²) in [5, 5.41) is 3.49. The van der Waals surface area contributed by atoms with Crippen molar-refractivity contribution in [1.29, 1.82) is 0 Å². The number of piperidine rings is 1. The second-order valence-corrected chi connectivity index (χ2v) is 6.49. The molecule has 1 N–H and O–H groups in total. The van der Waals surface area contributed by atoms with Crippen LogP contribution in [0.3, 0.4) is 0 Å². The van der Waals surface area contributed by atoms with E-state index in [4.69, 9.17) is 0 Å². The first-order valence-corrected chi connectivity index (χ1v) is 8.53. The summed E-state index contributed by atoms with van der Waals surface area (Å²) in [5.41, 5.74) is 0. The molecule has 2 fully saturated rings. The van der Waals surface area contributed by atoms with E-state index in [-0.39, 0.29) is 5.91 Å². The Morgan fingerprint density at radius 3 is 2.27 bits per heavy atom. The number of nitrogens with one attached hydrogen (secondary N) is 1. The van der Waals surface area contributed by atoms with Crippen LogP contribution in [0.4, 0.5) is 0 Å². The number of carbonyl (C=O) groups excluding carboxylic acids is 1. The van der Waals surface area contributed by atoms with E-state index < -0.39 is 0 Å². The number of piperazine rings is 1. The lowest BCUT2D eigenvalue weighted by atomic mass is 10.00. The quantitative estimate of drug-likeness (QED) is 0.608. The molecule has 126 valence electrons. The van der Waals surface area contributed by atoms with Crippen molar-refractivity contribution in [2.75, 3.05) is 59.4 Å². The van der Waals surface area contributed by atoms with Gasteiger partial charge >= 0.3 is 0 Å². The average Bonchev–Trinajstić information content (AvgIpc) is 2.53. The molecule has 0 atom stereocenters. The minimum absolute atomic E-state index is 0.192. The average molecular weight is 309 g/mol. The minimum Gasteiger partial charge on any atom is -0.355 e. The van der Waals surface area contributed by atoms with Gasteiger partial charge < -0.3 is 15.1 Å². The van der Waals surface area contributed by atoms with E-state index >= 15 is 0 Å². The van der Waals surface area contributed by atoms with E-state index in [0.717, 1.165) is 64.2 Å². The van der Waals surface area contributed by atoms with Gasteiger partial charge in [-0.15, -0.1) is 0 Å². The van der Waals surface area contributed by atoms with E-state index in [9.17, 15) is 4.79 Å². The Labute approximate surface area is 134 Å². The first-order valence-electron chi connectivity index (χ1n) is 8.53. The molecular weight excluding hydrogens is 278 g/mol. The molecule has 0 bridgehead atoms. The van der Waals surface area contributed by atoms with Crippen LogP contribution in [0.5, 0.6) is 0 Å². The molecule has 2 saturated heterocycles. The number of aliphatic imine (C=N–C) groups is 1. The summed E-state index contributed by atoms with van der Waals surface area (Å²) < 4.78 is 0. The van der Waals surface area contributed by atoms with Crippen molar-refractivity contribution in [2.45, 2.75) is 26.7 Å². The first-order chi connectivity index (χ1) is 10.6. The van der Waals surface area contributed by atoms with Crippen molar-refractivity contribution in [1.82, 2.24) is 20.0 Å². The molecule has 0 unspecified atom stereocenters. The molecule has 0 aromatic rings. The van der Waals surface area contributed by atoms with E-state index in [1.54, 1.807) is 6.92 Å². The highest BCUT2D eigenvalue weighted by molar-refractivity contribution is 5.79. The molecular formula is C16H31N5O. The highest BCUT2D eigenvalue weighted by atomic mass is 16.2. The minimum atomic E-state index is 0.192. The van der Waals surface area contributed by atoms with Gasteiger partial charge in [-0.3, -0.25) is 14.7 Å². The van der Waals surface area contributed by atoms with E-state index in [0.29, 0.717) is 0 Å². The van der Waals surface area contributed by atoms with Crippen LogP contribution in [0.1, 0.15) is 26.7 Å². The number of hydrogen-bond acceptors (Lipinski definition) is 3. The number of guanidine groups is 1. The number of nitrogens with zero attached hydrogens (tertiary/aromatic N) is 4. The Morgan fingerprint density at radius 2 is 1.73 bits per heavy atom. The maximum Gasteiger partial charge on any atom is 0.219 e. The standard InChI is InChI=1S/C16H31N5O/c1-14-4-7-21(8-5-14)16(17-3)18-6-9-19-10-12-20(13-11-19)15(2)22/h14H,4-13H2,1-3H3,(H,17,18). The fraction of sp³-hybridized carbons (Fsp3) is 0.875. The lowest BCUT2D eigenvalue weighted by Gasteiger charge is -2.35. The summed E-state index contributed by atoms with van der Waals surface area (Å²) in [5.74, 6) is 2.07. The molecule has 0 aromatic carbocycles. The molecule has 6 heteroatoms. The van der Waals surface area contributed by atoms with Crippen LogP contribution in [0.25, 0.3) is 0 Å². The smallest absolute Gasteiger partial charge is 0.219 e. The summed E-state index contributed by atoms with van der Waals surface area (Å²) in [4.78, 5) is 22.4. The Kier molecular flexibility index (Phi) is 6.49. The van der Waals surface area contributed by atoms with E-state index in [1.165, 1.54) is 12.8 Å². The maximum absolute atomic E-state index is 11.3. The number of carbonyl (C=O) groups is 1. The normalized spacial score (nSPS) is 22.0. The van der Waals surface area contributed by atoms with E-state index in [1.807, 2.05) is 11.9 Å². The number of hydrogen-bond donors (Lipinski definition) is 1. The van der Waals surface area contributed by atoms with Gasteiger partial charge in [0.05, 0.1) is 0 Å². The Balaban J connectivity index is 1.66. The van der Waals surface area contributed by atoms with Crippen LogP contribution in [0.15, 0.2) is 4.99 Å². The zero-order chi connectivity index (χ0) is 15.9. The van der Waals surface area contributed by atoms with Gasteiger partial charge in [0.2, 0.25) is 5.91 Å². The lowest BCUT2D eigenvalue weighted by molar-refractivity contribution is -0.130. The molecule has 2 aliphatic heterocycles. The monoisotopic (exact) mass is 309 g/mol. The second-order valence-electron chi connectivity index (χ2n) is 6.49. The molecule has 2 aliphatic rings. The summed E-state index contributed by atoms with van der Waals surface area (Å²) in [6, 6.07) is 0. The molecule has 22 heavy (non-hydrogen) atoms. The van der Waals surface area contributed by atoms with Crippen molar-refractivity contribution in [3.8, 4) is 0 Å². The van der Waals surface area contributed by atoms with Crippen molar-refractivity contribution in [3.05, 3.63) is 0 Å². The van der Waals surface area contributed by atoms with Gasteiger partial charge in [-0.1, -0.05) is 6.92 Å². The van der Waals surface area contributed by atoms with Crippen LogP contribution in [0, 0.1) is 5.92 Å². The third-order valence-corrected chi connectivity index (χ3v) is 4.82. The van der Waals surface area contributed by atoms with Gasteiger partial charge in [0.1, 0.15) is 0 Å². The zero-order valence-corrected chi connectivity index (χ0v) is 14.3. The zero-order valence-electron chi connectivity index (χ0n) is 14.3. The molecule has 0 spiro atoms. The predicted octanol–water partition coefficient (Wildman–Crippen LogP) is 0.458. The summed E-state index contributed by atoms with van der Waals surface area (Å²) >= 11 is 0. The van der Waals surface area contributed by atoms with Crippen LogP contribution in [0.2, 0.25) is 0 Å². The van der Waals surface area contributed by atoms with Crippen molar-refractivity contribution < 1.29 is 4.79 Å².